The van der Waals surface area contributed by atoms with E-state index in [0.29, 0.717) is 0 Å². The number of anilines is 2. The summed E-state index contributed by atoms with van der Waals surface area (Å²) in [7, 11) is -2.83. The predicted molar refractivity (Wildman–Crippen MR) is 155 cm³/mol. The van der Waals surface area contributed by atoms with Crippen LogP contribution in [0.25, 0.3) is 0 Å². The van der Waals surface area contributed by atoms with Crippen LogP contribution in [0.3, 0.4) is 0 Å². The van der Waals surface area contributed by atoms with Gasteiger partial charge in [-0.2, -0.15) is 60.7 Å². The number of nitrogens with zero attached hydrogens (tertiary/aromatic N) is 2. The molecule has 0 saturated carbocycles. The molecule has 5 aromatic rings. The quantitative estimate of drug-likeness (QED) is 0.155. The smallest absolute Gasteiger partial charge is 0.500 e. The topological polar surface area (TPSA) is 23.6 Å². The van der Waals surface area contributed by atoms with Crippen molar-refractivity contribution in [3.63, 3.8) is 0 Å². The molecule has 0 unspecified atom stereocenters. The maximum atomic E-state index is 13.8. The van der Waals surface area contributed by atoms with Gasteiger partial charge in [-0.05, 0) is 24.5 Å². The van der Waals surface area contributed by atoms with Crippen LogP contribution in [0.4, 0.5) is 11.4 Å². The molecule has 0 radical (unpaired) electrons. The van der Waals surface area contributed by atoms with Gasteiger partial charge in [-0.3, -0.25) is 0 Å². The van der Waals surface area contributed by atoms with E-state index in [1.54, 1.807) is 0 Å². The van der Waals surface area contributed by atoms with Gasteiger partial charge in [0.25, 0.3) is 0 Å². The average molecular weight is 690 g/mol. The van der Waals surface area contributed by atoms with E-state index >= 15 is 0 Å². The van der Waals surface area contributed by atoms with Gasteiger partial charge in [0.2, 0.25) is 0 Å². The molecule has 1 aliphatic heterocycles. The second-order valence-electron chi connectivity index (χ2n) is 8.34. The molecule has 0 saturated heterocycles. The third-order valence-electron chi connectivity index (χ3n) is 5.93. The van der Waals surface area contributed by atoms with Crippen molar-refractivity contribution >= 4 is 34.4 Å². The van der Waals surface area contributed by atoms with Gasteiger partial charge >= 0.3 is 20.1 Å². The molecule has 0 spiro atoms. The molecule has 0 atom stereocenters. The fraction of sp³-hybridized carbons (Fsp3) is 0. The first-order chi connectivity index (χ1) is 18.2. The molecule has 0 aromatic heterocycles. The molecule has 1 heterocycles. The molecular formula is C33H26IrN2OP. The van der Waals surface area contributed by atoms with E-state index in [0.717, 1.165) is 27.3 Å². The van der Waals surface area contributed by atoms with Crippen molar-refractivity contribution in [3.8, 4) is 0 Å². The van der Waals surface area contributed by atoms with Gasteiger partial charge in [-0.1, -0.05) is 84.2 Å². The average Bonchev–Trinajstić information content (AvgIpc) is 3.50. The predicted octanol–water partition coefficient (Wildman–Crippen LogP) is 6.53. The van der Waals surface area contributed by atoms with Gasteiger partial charge in [0.15, 0.2) is 0 Å². The molecular weight excluding hydrogens is 664 g/mol. The first-order valence-corrected chi connectivity index (χ1v) is 13.8. The van der Waals surface area contributed by atoms with E-state index in [9.17, 15) is 4.57 Å². The molecule has 0 N–H and O–H groups in total. The van der Waals surface area contributed by atoms with Gasteiger partial charge in [0.05, 0.1) is 0 Å². The van der Waals surface area contributed by atoms with Crippen LogP contribution in [0.1, 0.15) is 0 Å². The maximum Gasteiger partial charge on any atom is 3.00 e. The molecule has 38 heavy (non-hydrogen) atoms. The second kappa shape index (κ2) is 13.2. The molecule has 188 valence electrons. The zero-order chi connectivity index (χ0) is 25.3. The Balaban J connectivity index is 0.000000174. The Labute approximate surface area is 238 Å². The number of hydrogen-bond acceptors (Lipinski definition) is 3. The molecule has 5 aromatic carbocycles. The molecule has 3 nitrogen and oxygen atoms in total. The summed E-state index contributed by atoms with van der Waals surface area (Å²) >= 11 is 0. The fourth-order valence-corrected chi connectivity index (χ4v) is 6.67. The van der Waals surface area contributed by atoms with Crippen LogP contribution in [-0.2, 0) is 24.7 Å². The third-order valence-corrected chi connectivity index (χ3v) is 8.94. The van der Waals surface area contributed by atoms with Gasteiger partial charge < -0.3 is 14.4 Å². The van der Waals surface area contributed by atoms with Crippen molar-refractivity contribution < 1.29 is 24.7 Å². The summed E-state index contributed by atoms with van der Waals surface area (Å²) in [6, 6.07) is 51.3. The Morgan fingerprint density at radius 3 is 1.58 bits per heavy atom. The van der Waals surface area contributed by atoms with Crippen LogP contribution in [-0.4, -0.2) is 0 Å². The van der Waals surface area contributed by atoms with Crippen LogP contribution in [0, 0.1) is 18.8 Å². The van der Waals surface area contributed by atoms with Crippen LogP contribution >= 0.6 is 7.14 Å². The summed E-state index contributed by atoms with van der Waals surface area (Å²) in [6.07, 6.45) is 4.06. The van der Waals surface area contributed by atoms with Crippen LogP contribution in [0.15, 0.2) is 152 Å². The standard InChI is InChI=1S/C18H14OP.C15H12N2.Ir/c19-20(16-10-4-1-5-11-16,17-12-6-2-7-13-17)18-14-8-3-9-15-18;1-3-7-14(8-4-1)16-11-12-17(13-16)15-9-5-2-6-10-15;/h1-14H;1-9,11-13H;/q-1;-2;+3. The minimum Gasteiger partial charge on any atom is -0.500 e. The van der Waals surface area contributed by atoms with E-state index in [4.69, 9.17) is 0 Å². The van der Waals surface area contributed by atoms with Gasteiger partial charge in [0, 0.05) is 16.3 Å². The molecule has 0 aliphatic carbocycles. The second-order valence-corrected chi connectivity index (χ2v) is 11.1. The van der Waals surface area contributed by atoms with Crippen molar-refractivity contribution in [2.45, 2.75) is 0 Å². The van der Waals surface area contributed by atoms with Gasteiger partial charge in [-0.25, -0.2) is 0 Å². The molecule has 0 fully saturated rings. The monoisotopic (exact) mass is 690 g/mol. The van der Waals surface area contributed by atoms with Crippen molar-refractivity contribution in [1.82, 2.24) is 0 Å². The molecule has 1 aliphatic rings. The van der Waals surface area contributed by atoms with E-state index in [-0.39, 0.29) is 20.1 Å². The first-order valence-electron chi connectivity index (χ1n) is 12.1. The van der Waals surface area contributed by atoms with Crippen LogP contribution < -0.4 is 25.7 Å². The van der Waals surface area contributed by atoms with E-state index < -0.39 is 7.14 Å². The Hall–Kier alpha value is -3.68. The zero-order valence-electron chi connectivity index (χ0n) is 20.6. The Morgan fingerprint density at radius 1 is 0.553 bits per heavy atom. The minimum absolute atomic E-state index is 0. The van der Waals surface area contributed by atoms with Crippen molar-refractivity contribution in [1.29, 1.82) is 0 Å². The van der Waals surface area contributed by atoms with Crippen molar-refractivity contribution in [2.24, 2.45) is 0 Å². The number of rotatable bonds is 5. The molecule has 0 bridgehead atoms. The summed E-state index contributed by atoms with van der Waals surface area (Å²) in [5, 5.41) is 2.43. The first kappa shape index (κ1) is 27.4. The van der Waals surface area contributed by atoms with E-state index in [1.807, 2.05) is 151 Å². The van der Waals surface area contributed by atoms with Gasteiger partial charge in [0.1, 0.15) is 7.14 Å². The van der Waals surface area contributed by atoms with Crippen LogP contribution in [0.5, 0.6) is 0 Å². The van der Waals surface area contributed by atoms with E-state index in [2.05, 4.69) is 29.2 Å². The summed E-state index contributed by atoms with van der Waals surface area (Å²) in [5.41, 5.74) is 2.20. The minimum atomic E-state index is -2.83. The Kier molecular flexibility index (Phi) is 9.51. The summed E-state index contributed by atoms with van der Waals surface area (Å²) in [4.78, 5) is 4.13. The van der Waals surface area contributed by atoms with Crippen molar-refractivity contribution in [2.75, 3.05) is 9.80 Å². The Bertz CT molecular complexity index is 1310. The maximum absolute atomic E-state index is 13.8. The summed E-state index contributed by atoms with van der Waals surface area (Å²) in [6.45, 7) is 2.04. The largest absolute Gasteiger partial charge is 3.00 e. The number of para-hydroxylation sites is 2. The zero-order valence-corrected chi connectivity index (χ0v) is 23.9. The molecule has 0 amide bonds. The van der Waals surface area contributed by atoms with Crippen LogP contribution in [0.2, 0.25) is 0 Å². The van der Waals surface area contributed by atoms with E-state index in [1.165, 1.54) is 0 Å². The van der Waals surface area contributed by atoms with Crippen molar-refractivity contribution in [3.05, 3.63) is 171 Å². The normalized spacial score (nSPS) is 12.3. The molecule has 5 heteroatoms. The SMILES string of the molecule is O=P(c1[c-]cccc1)(c1ccccc1)c1ccccc1.[Ir+3].[c-]1ccccc1N1C=CN(c2ccccc2)[CH-]1. The Morgan fingerprint density at radius 2 is 1.05 bits per heavy atom. The summed E-state index contributed by atoms with van der Waals surface area (Å²) in [5.74, 6) is 0. The number of hydrogen-bond donors (Lipinski definition) is 0. The summed E-state index contributed by atoms with van der Waals surface area (Å²) < 4.78 is 13.8. The third kappa shape index (κ3) is 6.23. The molecule has 6 rings (SSSR count). The van der Waals surface area contributed by atoms with Gasteiger partial charge in [-0.15, -0.1) is 12.4 Å². The fourth-order valence-electron chi connectivity index (χ4n) is 4.08. The number of benzene rings is 5.